The normalized spacial score (nSPS) is 16.7. The second-order valence-corrected chi connectivity index (χ2v) is 22.4. The third-order valence-corrected chi connectivity index (χ3v) is 15.2. The van der Waals surface area contributed by atoms with Gasteiger partial charge >= 0.3 is 53.8 Å². The van der Waals surface area contributed by atoms with Crippen LogP contribution in [0.15, 0.2) is 24.3 Å². The van der Waals surface area contributed by atoms with Crippen molar-refractivity contribution in [2.24, 2.45) is 0 Å². The number of hydrogen-bond acceptors (Lipinski definition) is 20. The molecule has 2 saturated heterocycles. The fourth-order valence-electron chi connectivity index (χ4n) is 10.4. The number of nitrogens with zero attached hydrogens (tertiary/aromatic N) is 10. The molecule has 2 aliphatic rings. The topological polar surface area (TPSA) is 430 Å². The van der Waals surface area contributed by atoms with Crippen molar-refractivity contribution in [3.05, 3.63) is 41.2 Å². The molecule has 31 heteroatoms. The number of benzene rings is 1. The van der Waals surface area contributed by atoms with Crippen molar-refractivity contribution in [2.75, 3.05) is 135 Å². The zero-order chi connectivity index (χ0) is 64.5. The molecule has 0 spiro atoms. The first-order valence-corrected chi connectivity index (χ1v) is 29.9. The first-order chi connectivity index (χ1) is 41.9. The number of anilines is 2. The number of nitrogens with one attached hydrogen (secondary N) is 3. The first kappa shape index (κ1) is 72.6. The van der Waals surface area contributed by atoms with Gasteiger partial charge in [0.1, 0.15) is 24.5 Å². The van der Waals surface area contributed by atoms with Crippen molar-refractivity contribution in [3.63, 3.8) is 0 Å². The van der Waals surface area contributed by atoms with E-state index in [1.165, 1.54) is 4.90 Å². The molecule has 0 bridgehead atoms. The summed E-state index contributed by atoms with van der Waals surface area (Å²) in [4.78, 5) is 145. The number of piperazine rings is 1. The molecular formula is C57H89N13O18. The van der Waals surface area contributed by atoms with Crippen LogP contribution in [0.2, 0.25) is 0 Å². The van der Waals surface area contributed by atoms with Gasteiger partial charge in [-0.1, -0.05) is 62.8 Å². The van der Waals surface area contributed by atoms with Gasteiger partial charge in [-0.3, -0.25) is 58.1 Å². The number of aromatic nitrogens is 3. The van der Waals surface area contributed by atoms with Crippen molar-refractivity contribution in [3.8, 4) is 0 Å². The van der Waals surface area contributed by atoms with Gasteiger partial charge < -0.3 is 66.6 Å². The number of likely N-dealkylation sites (N-methyl/N-ethyl adjacent to an activating group) is 1. The van der Waals surface area contributed by atoms with E-state index in [1.807, 2.05) is 24.3 Å². The van der Waals surface area contributed by atoms with Crippen LogP contribution in [0, 0.1) is 0 Å². The van der Waals surface area contributed by atoms with Crippen LogP contribution in [0.25, 0.3) is 0 Å². The lowest BCUT2D eigenvalue weighted by atomic mass is 10.0. The second kappa shape index (κ2) is 39.1. The zero-order valence-electron chi connectivity index (χ0n) is 50.2. The number of carboxylic acid groups (broad SMARTS) is 8. The summed E-state index contributed by atoms with van der Waals surface area (Å²) in [7, 11) is 1.60. The summed E-state index contributed by atoms with van der Waals surface area (Å²) >= 11 is 0. The maximum atomic E-state index is 12.4. The highest BCUT2D eigenvalue weighted by Crippen LogP contribution is 2.21. The average molecular weight is 1240 g/mol. The number of hydrogen-bond donors (Lipinski definition) is 11. The lowest BCUT2D eigenvalue weighted by molar-refractivity contribution is -0.142. The summed E-state index contributed by atoms with van der Waals surface area (Å²) in [6.45, 7) is 3.52. The molecule has 0 aliphatic carbocycles. The quantitative estimate of drug-likeness (QED) is 0.0405. The summed E-state index contributed by atoms with van der Waals surface area (Å²) in [6.07, 6.45) is 8.96. The molecule has 3 atom stereocenters. The number of carboxylic acids is 8. The van der Waals surface area contributed by atoms with Gasteiger partial charge in [0.15, 0.2) is 0 Å². The highest BCUT2D eigenvalue weighted by atomic mass is 16.4. The number of aliphatic carboxylic acids is 8. The first-order valence-electron chi connectivity index (χ1n) is 29.9. The Morgan fingerprint density at radius 3 is 1.59 bits per heavy atom. The van der Waals surface area contributed by atoms with Crippen LogP contribution < -0.4 is 25.8 Å². The Morgan fingerprint density at radius 2 is 1.03 bits per heavy atom. The molecule has 1 unspecified atom stereocenters. The number of carbonyl (C=O) groups excluding carboxylic acids is 2. The molecule has 4 rings (SSSR count). The van der Waals surface area contributed by atoms with Crippen molar-refractivity contribution in [1.29, 1.82) is 0 Å². The van der Waals surface area contributed by atoms with Gasteiger partial charge in [0, 0.05) is 111 Å². The summed E-state index contributed by atoms with van der Waals surface area (Å²) < 4.78 is 0. The van der Waals surface area contributed by atoms with Gasteiger partial charge in [-0.25, -0.2) is 14.4 Å². The van der Waals surface area contributed by atoms with Crippen LogP contribution in [-0.4, -0.2) is 283 Å². The number of amides is 3. The van der Waals surface area contributed by atoms with E-state index in [0.717, 1.165) is 82.1 Å². The van der Waals surface area contributed by atoms with Crippen LogP contribution in [0.4, 0.5) is 16.7 Å². The molecular weight excluding hydrogens is 1150 g/mol. The predicted molar refractivity (Wildman–Crippen MR) is 317 cm³/mol. The lowest BCUT2D eigenvalue weighted by Gasteiger charge is -2.37. The van der Waals surface area contributed by atoms with Crippen molar-refractivity contribution in [2.45, 2.75) is 121 Å². The monoisotopic (exact) mass is 1240 g/mol. The summed E-state index contributed by atoms with van der Waals surface area (Å²) in [5.41, 5.74) is 1.64. The van der Waals surface area contributed by atoms with E-state index < -0.39 is 84.9 Å². The Bertz CT molecular complexity index is 2590. The minimum Gasteiger partial charge on any atom is -0.481 e. The predicted octanol–water partition coefficient (Wildman–Crippen LogP) is 0.444. The molecule has 31 nitrogen and oxygen atoms in total. The molecule has 490 valence electrons. The Morgan fingerprint density at radius 1 is 0.523 bits per heavy atom. The Hall–Kier alpha value is -7.87. The summed E-state index contributed by atoms with van der Waals surface area (Å²) in [6, 6.07) is 3.17. The van der Waals surface area contributed by atoms with E-state index in [1.54, 1.807) is 26.6 Å². The van der Waals surface area contributed by atoms with E-state index in [9.17, 15) is 83.7 Å². The Kier molecular flexibility index (Phi) is 32.3. The number of carbonyl (C=O) groups is 10. The van der Waals surface area contributed by atoms with E-state index in [-0.39, 0.29) is 103 Å². The van der Waals surface area contributed by atoms with Crippen LogP contribution in [-0.2, 0) is 56.0 Å². The van der Waals surface area contributed by atoms with Gasteiger partial charge in [-0.05, 0) is 62.6 Å². The maximum Gasteiger partial charge on any atom is 0.326 e. The second-order valence-electron chi connectivity index (χ2n) is 22.4. The highest BCUT2D eigenvalue weighted by molar-refractivity contribution is 5.86. The molecule has 0 saturated carbocycles. The van der Waals surface area contributed by atoms with E-state index in [0.29, 0.717) is 57.1 Å². The standard InChI is InChI=1S/C57H89N13O18/c1-64(35-48(74)75)55-61-45(33-41-16-14-40(15-17-41)32-42-34-68(38-51(80)81)25-24-66(36-49(76)77)22-23-67(37-50(78)79)28-31-70(42)39-52(82)83)62-56(63-55)69-29-26-65(27-30-69)21-11-7-5-3-2-4-6-8-13-46(71)58-20-10-9-12-43(53(84)85)59-57(88)60-44(54(86)87)18-19-47(72)73/h14-17,42-44H,2-13,18-39H2,1H3,(H,58,71)(H,72,73)(H,74,75)(H,76,77)(H,78,79)(H,80,81)(H,82,83)(H,84,85)(H,86,87)(H2,59,60,88)/t42?,43-,44-/m0/s1. The van der Waals surface area contributed by atoms with Gasteiger partial charge in [0.05, 0.1) is 26.2 Å². The Balaban J connectivity index is 1.22. The number of urea groups is 1. The minimum atomic E-state index is -1.50. The molecule has 11 N–H and O–H groups in total. The molecule has 2 fully saturated rings. The number of unbranched alkanes of at least 4 members (excludes halogenated alkanes) is 8. The van der Waals surface area contributed by atoms with E-state index in [4.69, 9.17) is 15.1 Å². The van der Waals surface area contributed by atoms with E-state index >= 15 is 0 Å². The summed E-state index contributed by atoms with van der Waals surface area (Å²) in [5.74, 6) is -8.49. The van der Waals surface area contributed by atoms with Crippen LogP contribution in [0.3, 0.4) is 0 Å². The van der Waals surface area contributed by atoms with Crippen molar-refractivity contribution < 1.29 is 88.8 Å². The average Bonchev–Trinajstić information content (AvgIpc) is 2.62. The lowest BCUT2D eigenvalue weighted by Crippen LogP contribution is -2.53. The van der Waals surface area contributed by atoms with Gasteiger partial charge in [0.2, 0.25) is 17.8 Å². The van der Waals surface area contributed by atoms with Crippen LogP contribution >= 0.6 is 0 Å². The zero-order valence-corrected chi connectivity index (χ0v) is 50.2. The molecule has 3 amide bonds. The molecule has 2 aromatic rings. The SMILES string of the molecule is CN(CC(=O)O)c1nc(Cc2ccc(CC3CN(CC(=O)O)CCN(CC(=O)O)CCN(CC(=O)O)CCN3CC(=O)O)cc2)nc(N2CCN(CCCCCCCCCCC(=O)NCCCC[C@H](NC(=O)N[C@@H](CCC(=O)O)C(=O)O)C(=O)O)CC2)n1. The van der Waals surface area contributed by atoms with Gasteiger partial charge in [-0.2, -0.15) is 15.0 Å². The molecule has 0 radical (unpaired) electrons. The highest BCUT2D eigenvalue weighted by Gasteiger charge is 2.29. The minimum absolute atomic E-state index is 0.0377. The largest absolute Gasteiger partial charge is 0.481 e. The fourth-order valence-corrected chi connectivity index (χ4v) is 10.4. The molecule has 1 aromatic carbocycles. The molecule has 2 aliphatic heterocycles. The van der Waals surface area contributed by atoms with Crippen molar-refractivity contribution in [1.82, 2.24) is 55.4 Å². The van der Waals surface area contributed by atoms with Crippen molar-refractivity contribution >= 4 is 71.6 Å². The number of rotatable bonds is 39. The molecule has 88 heavy (non-hydrogen) atoms. The van der Waals surface area contributed by atoms with Gasteiger partial charge in [0.25, 0.3) is 0 Å². The van der Waals surface area contributed by atoms with Crippen LogP contribution in [0.1, 0.15) is 107 Å². The van der Waals surface area contributed by atoms with E-state index in [2.05, 4.69) is 30.7 Å². The Labute approximate surface area is 511 Å². The van der Waals surface area contributed by atoms with Crippen LogP contribution in [0.5, 0.6) is 0 Å². The third kappa shape index (κ3) is 29.7. The fraction of sp³-hybridized carbons (Fsp3) is 0.667. The maximum absolute atomic E-state index is 12.4. The van der Waals surface area contributed by atoms with Gasteiger partial charge in [-0.15, -0.1) is 0 Å². The third-order valence-electron chi connectivity index (χ3n) is 15.2. The smallest absolute Gasteiger partial charge is 0.326 e. The summed E-state index contributed by atoms with van der Waals surface area (Å²) in [5, 5.41) is 83.4. The molecule has 1 aromatic heterocycles. The molecule has 3 heterocycles.